The highest BCUT2D eigenvalue weighted by atomic mass is 127. The van der Waals surface area contributed by atoms with E-state index in [0.29, 0.717) is 24.0 Å². The average molecular weight is 521 g/mol. The minimum Gasteiger partial charge on any atom is -0.354 e. The smallest absolute Gasteiger partial charge is 0.191 e. The summed E-state index contributed by atoms with van der Waals surface area (Å²) in [6.07, 6.45) is 3.58. The topological polar surface area (TPSA) is 39.7 Å². The van der Waals surface area contributed by atoms with Crippen LogP contribution in [0.2, 0.25) is 0 Å². The van der Waals surface area contributed by atoms with Gasteiger partial charge in [-0.3, -0.25) is 4.99 Å². The molecule has 1 heterocycles. The molecular formula is C19H30BrIN4. The van der Waals surface area contributed by atoms with Gasteiger partial charge in [0.25, 0.3) is 0 Å². The van der Waals surface area contributed by atoms with Gasteiger partial charge in [-0.2, -0.15) is 0 Å². The van der Waals surface area contributed by atoms with E-state index in [-0.39, 0.29) is 24.0 Å². The van der Waals surface area contributed by atoms with Crippen LogP contribution in [-0.4, -0.2) is 49.1 Å². The molecule has 4 nitrogen and oxygen atoms in total. The molecule has 0 radical (unpaired) electrons. The van der Waals surface area contributed by atoms with Crippen molar-refractivity contribution < 1.29 is 0 Å². The van der Waals surface area contributed by atoms with Crippen LogP contribution in [0, 0.1) is 0 Å². The van der Waals surface area contributed by atoms with E-state index in [0.717, 1.165) is 10.4 Å². The highest BCUT2D eigenvalue weighted by Gasteiger charge is 2.39. The molecule has 0 bridgehead atoms. The van der Waals surface area contributed by atoms with E-state index in [1.54, 1.807) is 0 Å². The summed E-state index contributed by atoms with van der Waals surface area (Å²) >= 11 is 3.50. The van der Waals surface area contributed by atoms with Crippen molar-refractivity contribution in [3.63, 3.8) is 0 Å². The molecule has 140 valence electrons. The third kappa shape index (κ3) is 5.82. The Balaban J connectivity index is 0.00000225. The fraction of sp³-hybridized carbons (Fsp3) is 0.632. The summed E-state index contributed by atoms with van der Waals surface area (Å²) in [6, 6.07) is 10.4. The van der Waals surface area contributed by atoms with Crippen LogP contribution in [0.15, 0.2) is 33.7 Å². The first-order chi connectivity index (χ1) is 11.6. The molecular weight excluding hydrogens is 491 g/mol. The predicted molar refractivity (Wildman–Crippen MR) is 120 cm³/mol. The molecule has 1 aromatic rings. The van der Waals surface area contributed by atoms with Crippen LogP contribution < -0.4 is 10.6 Å². The van der Waals surface area contributed by atoms with Gasteiger partial charge < -0.3 is 15.5 Å². The third-order valence-electron chi connectivity index (χ3n) is 5.24. The number of guanidine groups is 1. The first-order valence-corrected chi connectivity index (χ1v) is 9.85. The van der Waals surface area contributed by atoms with Crippen molar-refractivity contribution in [2.24, 2.45) is 4.99 Å². The van der Waals surface area contributed by atoms with Crippen molar-refractivity contribution >= 4 is 45.9 Å². The number of halogens is 2. The molecule has 1 saturated heterocycles. The fourth-order valence-corrected chi connectivity index (χ4v) is 3.80. The Bertz CT molecular complexity index is 567. The van der Waals surface area contributed by atoms with Crippen LogP contribution in [0.5, 0.6) is 0 Å². The minimum atomic E-state index is 0. The van der Waals surface area contributed by atoms with Crippen molar-refractivity contribution in [2.75, 3.05) is 20.1 Å². The molecule has 2 atom stereocenters. The molecule has 25 heavy (non-hydrogen) atoms. The lowest BCUT2D eigenvalue weighted by Crippen LogP contribution is -2.50. The summed E-state index contributed by atoms with van der Waals surface area (Å²) in [5.74, 6) is 1.57. The summed E-state index contributed by atoms with van der Waals surface area (Å²) in [4.78, 5) is 6.99. The summed E-state index contributed by atoms with van der Waals surface area (Å²) in [6.45, 7) is 6.92. The Kier molecular flexibility index (Phi) is 8.01. The number of piperidine rings is 1. The van der Waals surface area contributed by atoms with Gasteiger partial charge in [0.05, 0.1) is 0 Å². The quantitative estimate of drug-likeness (QED) is 0.358. The van der Waals surface area contributed by atoms with Crippen LogP contribution in [-0.2, 0) is 0 Å². The number of hydrogen-bond donors (Lipinski definition) is 2. The van der Waals surface area contributed by atoms with Crippen molar-refractivity contribution in [1.82, 2.24) is 15.5 Å². The lowest BCUT2D eigenvalue weighted by Gasteiger charge is -2.35. The highest BCUT2D eigenvalue weighted by Crippen LogP contribution is 2.41. The zero-order valence-corrected chi connectivity index (χ0v) is 19.3. The van der Waals surface area contributed by atoms with E-state index in [1.807, 2.05) is 7.05 Å². The summed E-state index contributed by atoms with van der Waals surface area (Å²) in [5.41, 5.74) is 1.41. The Morgan fingerprint density at radius 3 is 2.36 bits per heavy atom. The second-order valence-electron chi connectivity index (χ2n) is 7.27. The Morgan fingerprint density at radius 2 is 1.80 bits per heavy atom. The van der Waals surface area contributed by atoms with Crippen molar-refractivity contribution in [2.45, 2.75) is 57.2 Å². The molecule has 3 rings (SSSR count). The molecule has 1 aliphatic carbocycles. The maximum absolute atomic E-state index is 4.43. The van der Waals surface area contributed by atoms with E-state index in [9.17, 15) is 0 Å². The Morgan fingerprint density at radius 1 is 1.16 bits per heavy atom. The van der Waals surface area contributed by atoms with Crippen LogP contribution in [0.3, 0.4) is 0 Å². The number of nitrogens with zero attached hydrogens (tertiary/aromatic N) is 2. The first-order valence-electron chi connectivity index (χ1n) is 9.06. The van der Waals surface area contributed by atoms with E-state index in [4.69, 9.17) is 0 Å². The standard InChI is InChI=1S/C19H29BrN4.HI/c1-13(2)24-10-8-16(9-11-24)22-19(21-3)23-18-12-17(18)14-4-6-15(20)7-5-14;/h4-7,13,16-18H,8-12H2,1-3H3,(H2,21,22,23);1H. The van der Waals surface area contributed by atoms with Crippen molar-refractivity contribution in [3.8, 4) is 0 Å². The molecule has 2 unspecified atom stereocenters. The second kappa shape index (κ2) is 9.55. The molecule has 2 aliphatic rings. The van der Waals surface area contributed by atoms with E-state index in [1.165, 1.54) is 37.9 Å². The van der Waals surface area contributed by atoms with Gasteiger partial charge in [-0.1, -0.05) is 28.1 Å². The number of rotatable bonds is 4. The number of benzene rings is 1. The SMILES string of the molecule is CN=C(NC1CCN(C(C)C)CC1)NC1CC1c1ccc(Br)cc1.I. The maximum Gasteiger partial charge on any atom is 0.191 e. The Hall–Kier alpha value is -0.340. The minimum absolute atomic E-state index is 0. The zero-order chi connectivity index (χ0) is 17.1. The third-order valence-corrected chi connectivity index (χ3v) is 5.76. The van der Waals surface area contributed by atoms with Gasteiger partial charge in [0, 0.05) is 48.7 Å². The number of hydrogen-bond acceptors (Lipinski definition) is 2. The molecule has 2 fully saturated rings. The monoisotopic (exact) mass is 520 g/mol. The first kappa shape index (κ1) is 21.0. The van der Waals surface area contributed by atoms with Gasteiger partial charge in [0.15, 0.2) is 5.96 Å². The molecule has 0 aromatic heterocycles. The molecule has 1 aromatic carbocycles. The average Bonchev–Trinajstić information content (AvgIpc) is 3.34. The van der Waals surface area contributed by atoms with Crippen molar-refractivity contribution in [1.29, 1.82) is 0 Å². The molecule has 1 aliphatic heterocycles. The van der Waals surface area contributed by atoms with Gasteiger partial charge in [-0.15, -0.1) is 24.0 Å². The maximum atomic E-state index is 4.43. The lowest BCUT2D eigenvalue weighted by molar-refractivity contribution is 0.167. The number of likely N-dealkylation sites (tertiary alicyclic amines) is 1. The van der Waals surface area contributed by atoms with E-state index >= 15 is 0 Å². The molecule has 6 heteroatoms. The highest BCUT2D eigenvalue weighted by molar-refractivity contribution is 14.0. The van der Waals surface area contributed by atoms with Crippen LogP contribution in [0.25, 0.3) is 0 Å². The van der Waals surface area contributed by atoms with Gasteiger partial charge in [-0.25, -0.2) is 0 Å². The summed E-state index contributed by atoms with van der Waals surface area (Å²) in [5, 5.41) is 7.22. The van der Waals surface area contributed by atoms with Gasteiger partial charge >= 0.3 is 0 Å². The zero-order valence-electron chi connectivity index (χ0n) is 15.3. The normalized spacial score (nSPS) is 24.8. The van der Waals surface area contributed by atoms with Crippen LogP contribution in [0.4, 0.5) is 0 Å². The summed E-state index contributed by atoms with van der Waals surface area (Å²) in [7, 11) is 1.87. The van der Waals surface area contributed by atoms with Crippen molar-refractivity contribution in [3.05, 3.63) is 34.3 Å². The molecule has 0 spiro atoms. The van der Waals surface area contributed by atoms with Crippen LogP contribution >= 0.6 is 39.9 Å². The lowest BCUT2D eigenvalue weighted by atomic mass is 10.0. The number of aliphatic imine (C=N–C) groups is 1. The van der Waals surface area contributed by atoms with Gasteiger partial charge in [-0.05, 0) is 50.8 Å². The Labute approximate surface area is 177 Å². The van der Waals surface area contributed by atoms with Gasteiger partial charge in [0.1, 0.15) is 0 Å². The summed E-state index contributed by atoms with van der Waals surface area (Å²) < 4.78 is 1.14. The molecule has 1 saturated carbocycles. The van der Waals surface area contributed by atoms with Crippen LogP contribution in [0.1, 0.15) is 44.6 Å². The predicted octanol–water partition coefficient (Wildman–Crippen LogP) is 3.96. The fourth-order valence-electron chi connectivity index (χ4n) is 3.53. The molecule has 0 amide bonds. The van der Waals surface area contributed by atoms with Gasteiger partial charge in [0.2, 0.25) is 0 Å². The second-order valence-corrected chi connectivity index (χ2v) is 8.18. The van der Waals surface area contributed by atoms with E-state index < -0.39 is 0 Å². The number of nitrogens with one attached hydrogen (secondary N) is 2. The van der Waals surface area contributed by atoms with E-state index in [2.05, 4.69) is 74.6 Å². The largest absolute Gasteiger partial charge is 0.354 e. The molecule has 2 N–H and O–H groups in total.